The Morgan fingerprint density at radius 2 is 1.69 bits per heavy atom. The molecule has 0 aliphatic carbocycles. The number of quaternary nitrogens is 1. The van der Waals surface area contributed by atoms with Gasteiger partial charge in [0, 0.05) is 17.3 Å². The summed E-state index contributed by atoms with van der Waals surface area (Å²) in [7, 11) is 0. The van der Waals surface area contributed by atoms with E-state index in [9.17, 15) is 9.59 Å². The molecular formula is C23H29N2O4+. The van der Waals surface area contributed by atoms with Crippen LogP contribution >= 0.6 is 0 Å². The van der Waals surface area contributed by atoms with Crippen LogP contribution in [0.2, 0.25) is 0 Å². The number of para-hydroxylation sites is 1. The Hall–Kier alpha value is -2.70. The lowest BCUT2D eigenvalue weighted by molar-refractivity contribution is -0.921. The molecule has 0 saturated carbocycles. The van der Waals surface area contributed by atoms with Gasteiger partial charge < -0.3 is 19.3 Å². The largest absolute Gasteiger partial charge is 0.452 e. The van der Waals surface area contributed by atoms with Crippen molar-refractivity contribution in [1.82, 2.24) is 0 Å². The second kappa shape index (κ2) is 10.2. The zero-order valence-corrected chi connectivity index (χ0v) is 17.1. The van der Waals surface area contributed by atoms with E-state index in [4.69, 9.17) is 9.47 Å². The number of nitrogens with one attached hydrogen (secondary N) is 1. The van der Waals surface area contributed by atoms with Gasteiger partial charge >= 0.3 is 5.97 Å². The quantitative estimate of drug-likeness (QED) is 0.723. The predicted octanol–water partition coefficient (Wildman–Crippen LogP) is 1.70. The van der Waals surface area contributed by atoms with Gasteiger partial charge in [-0.2, -0.15) is 0 Å². The molecule has 1 N–H and O–H groups in total. The van der Waals surface area contributed by atoms with Gasteiger partial charge in [0.05, 0.1) is 18.8 Å². The number of hydrogen-bond acceptors (Lipinski definition) is 4. The monoisotopic (exact) mass is 397 g/mol. The van der Waals surface area contributed by atoms with E-state index in [0.29, 0.717) is 5.56 Å². The van der Waals surface area contributed by atoms with Gasteiger partial charge in [0.1, 0.15) is 19.6 Å². The SMILES string of the molecule is CC(C)N(C(=O)COC(=O)c1ccc(C[NH+]2CCOCC2)cc1)c1ccccc1. The topological polar surface area (TPSA) is 60.3 Å². The van der Waals surface area contributed by atoms with E-state index in [-0.39, 0.29) is 18.6 Å². The summed E-state index contributed by atoms with van der Waals surface area (Å²) in [5, 5.41) is 0. The molecule has 6 heteroatoms. The molecule has 3 rings (SSSR count). The van der Waals surface area contributed by atoms with Gasteiger partial charge in [-0.3, -0.25) is 4.79 Å². The van der Waals surface area contributed by atoms with Gasteiger partial charge in [0.25, 0.3) is 5.91 Å². The first kappa shape index (κ1) is 21.0. The summed E-state index contributed by atoms with van der Waals surface area (Å²) in [5.74, 6) is -0.729. The maximum absolute atomic E-state index is 12.6. The lowest BCUT2D eigenvalue weighted by atomic mass is 10.1. The predicted molar refractivity (Wildman–Crippen MR) is 111 cm³/mol. The number of esters is 1. The summed E-state index contributed by atoms with van der Waals surface area (Å²) >= 11 is 0. The van der Waals surface area contributed by atoms with E-state index in [1.165, 1.54) is 10.5 Å². The molecule has 6 nitrogen and oxygen atoms in total. The van der Waals surface area contributed by atoms with Crippen LogP contribution in [0.1, 0.15) is 29.8 Å². The van der Waals surface area contributed by atoms with E-state index in [1.54, 1.807) is 17.0 Å². The van der Waals surface area contributed by atoms with Crippen LogP contribution in [0.15, 0.2) is 54.6 Å². The average Bonchev–Trinajstić information content (AvgIpc) is 2.74. The minimum absolute atomic E-state index is 0.0365. The van der Waals surface area contributed by atoms with Crippen molar-refractivity contribution in [2.24, 2.45) is 0 Å². The number of ether oxygens (including phenoxy) is 2. The van der Waals surface area contributed by atoms with Crippen LogP contribution in [0, 0.1) is 0 Å². The summed E-state index contributed by atoms with van der Waals surface area (Å²) < 4.78 is 10.7. The van der Waals surface area contributed by atoms with Gasteiger partial charge in [-0.1, -0.05) is 30.3 Å². The Bertz CT molecular complexity index is 799. The molecule has 1 aliphatic rings. The summed E-state index contributed by atoms with van der Waals surface area (Å²) in [6, 6.07) is 16.8. The number of rotatable bonds is 7. The zero-order valence-electron chi connectivity index (χ0n) is 17.1. The van der Waals surface area contributed by atoms with Gasteiger partial charge in [0.15, 0.2) is 6.61 Å². The molecule has 0 atom stereocenters. The van der Waals surface area contributed by atoms with Crippen molar-refractivity contribution in [3.05, 3.63) is 65.7 Å². The smallest absolute Gasteiger partial charge is 0.338 e. The summed E-state index contributed by atoms with van der Waals surface area (Å²) in [6.45, 7) is 8.08. The Labute approximate surface area is 172 Å². The molecule has 0 aromatic heterocycles. The Kier molecular flexibility index (Phi) is 7.38. The van der Waals surface area contributed by atoms with Crippen molar-refractivity contribution < 1.29 is 24.0 Å². The molecule has 0 bridgehead atoms. The summed E-state index contributed by atoms with van der Waals surface area (Å²) in [4.78, 5) is 28.1. The Morgan fingerprint density at radius 1 is 1.03 bits per heavy atom. The number of nitrogens with zero attached hydrogens (tertiary/aromatic N) is 1. The molecule has 1 fully saturated rings. The first-order valence-corrected chi connectivity index (χ1v) is 10.1. The highest BCUT2D eigenvalue weighted by Gasteiger charge is 2.21. The number of benzene rings is 2. The normalized spacial score (nSPS) is 14.6. The minimum atomic E-state index is -0.486. The number of carbonyl (C=O) groups excluding carboxylic acids is 2. The molecule has 1 saturated heterocycles. The lowest BCUT2D eigenvalue weighted by Crippen LogP contribution is -3.12. The molecule has 1 aliphatic heterocycles. The number of amides is 1. The third-order valence-electron chi connectivity index (χ3n) is 4.99. The van der Waals surface area contributed by atoms with Crippen LogP contribution in [0.5, 0.6) is 0 Å². The number of morpholine rings is 1. The number of hydrogen-bond donors (Lipinski definition) is 1. The van der Waals surface area contributed by atoms with Gasteiger partial charge in [-0.15, -0.1) is 0 Å². The van der Waals surface area contributed by atoms with E-state index in [0.717, 1.165) is 38.5 Å². The molecule has 0 radical (unpaired) electrons. The summed E-state index contributed by atoms with van der Waals surface area (Å²) in [5.41, 5.74) is 2.41. The molecule has 1 amide bonds. The van der Waals surface area contributed by atoms with Gasteiger partial charge in [-0.25, -0.2) is 4.79 Å². The first-order chi connectivity index (χ1) is 14.0. The van der Waals surface area contributed by atoms with Crippen LogP contribution in [0.25, 0.3) is 0 Å². The fourth-order valence-electron chi connectivity index (χ4n) is 3.48. The van der Waals surface area contributed by atoms with Crippen LogP contribution < -0.4 is 9.80 Å². The van der Waals surface area contributed by atoms with Crippen LogP contribution in [0.4, 0.5) is 5.69 Å². The van der Waals surface area contributed by atoms with Crippen LogP contribution in [-0.4, -0.2) is 50.8 Å². The second-order valence-corrected chi connectivity index (χ2v) is 7.51. The standard InChI is InChI=1S/C23H28N2O4/c1-18(2)25(21-6-4-3-5-7-21)22(26)17-29-23(27)20-10-8-19(9-11-20)16-24-12-14-28-15-13-24/h3-11,18H,12-17H2,1-2H3/p+1. The molecular weight excluding hydrogens is 368 g/mol. The maximum Gasteiger partial charge on any atom is 0.338 e. The Morgan fingerprint density at radius 3 is 2.31 bits per heavy atom. The van der Waals surface area contributed by atoms with E-state index in [1.807, 2.05) is 56.3 Å². The van der Waals surface area contributed by atoms with Crippen molar-refractivity contribution in [3.8, 4) is 0 Å². The average molecular weight is 397 g/mol. The van der Waals surface area contributed by atoms with Gasteiger partial charge in [-0.05, 0) is 38.1 Å². The van der Waals surface area contributed by atoms with Crippen molar-refractivity contribution in [3.63, 3.8) is 0 Å². The van der Waals surface area contributed by atoms with E-state index >= 15 is 0 Å². The molecule has 0 unspecified atom stereocenters. The van der Waals surface area contributed by atoms with E-state index in [2.05, 4.69) is 0 Å². The third kappa shape index (κ3) is 5.89. The fourth-order valence-corrected chi connectivity index (χ4v) is 3.48. The molecule has 2 aromatic carbocycles. The molecule has 154 valence electrons. The first-order valence-electron chi connectivity index (χ1n) is 10.1. The molecule has 1 heterocycles. The Balaban J connectivity index is 1.54. The fraction of sp³-hybridized carbons (Fsp3) is 0.391. The number of carbonyl (C=O) groups is 2. The zero-order chi connectivity index (χ0) is 20.6. The maximum atomic E-state index is 12.6. The molecule has 0 spiro atoms. The number of anilines is 1. The second-order valence-electron chi connectivity index (χ2n) is 7.51. The van der Waals surface area contributed by atoms with Gasteiger partial charge in [0.2, 0.25) is 0 Å². The van der Waals surface area contributed by atoms with Crippen molar-refractivity contribution >= 4 is 17.6 Å². The van der Waals surface area contributed by atoms with E-state index < -0.39 is 5.97 Å². The van der Waals surface area contributed by atoms with Crippen molar-refractivity contribution in [1.29, 1.82) is 0 Å². The summed E-state index contributed by atoms with van der Waals surface area (Å²) in [6.07, 6.45) is 0. The lowest BCUT2D eigenvalue weighted by Gasteiger charge is -2.26. The third-order valence-corrected chi connectivity index (χ3v) is 4.99. The highest BCUT2D eigenvalue weighted by atomic mass is 16.5. The van der Waals surface area contributed by atoms with Crippen molar-refractivity contribution in [2.45, 2.75) is 26.4 Å². The molecule has 29 heavy (non-hydrogen) atoms. The van der Waals surface area contributed by atoms with Crippen LogP contribution in [-0.2, 0) is 20.8 Å². The minimum Gasteiger partial charge on any atom is -0.452 e. The highest BCUT2D eigenvalue weighted by molar-refractivity contribution is 5.97. The van der Waals surface area contributed by atoms with Crippen LogP contribution in [0.3, 0.4) is 0 Å². The highest BCUT2D eigenvalue weighted by Crippen LogP contribution is 2.17. The molecule has 2 aromatic rings. The van der Waals surface area contributed by atoms with Crippen molar-refractivity contribution in [2.75, 3.05) is 37.8 Å².